The molecular formula is C11H10F5NO. The minimum atomic E-state index is -4.73. The fourth-order valence-corrected chi connectivity index (χ4v) is 1.33. The highest BCUT2D eigenvalue weighted by molar-refractivity contribution is 5.83. The summed E-state index contributed by atoms with van der Waals surface area (Å²) in [5.41, 5.74) is 0.232. The molecule has 1 aromatic carbocycles. The van der Waals surface area contributed by atoms with Gasteiger partial charge >= 0.3 is 12.3 Å². The zero-order valence-electron chi connectivity index (χ0n) is 9.34. The maximum Gasteiger partial charge on any atom is 0.383 e. The first-order valence-electron chi connectivity index (χ1n) is 4.91. The SMILES string of the molecule is CN(Cc1cccc(F)c1)C(=O)C(F)(F)C(F)F. The molecule has 0 aliphatic heterocycles. The molecule has 2 nitrogen and oxygen atoms in total. The van der Waals surface area contributed by atoms with E-state index in [-0.39, 0.29) is 12.1 Å². The molecule has 0 unspecified atom stereocenters. The van der Waals surface area contributed by atoms with Gasteiger partial charge in [-0.25, -0.2) is 13.2 Å². The minimum Gasteiger partial charge on any atom is -0.336 e. The van der Waals surface area contributed by atoms with E-state index in [0.29, 0.717) is 4.90 Å². The first kappa shape index (κ1) is 14.4. The molecule has 0 aliphatic carbocycles. The molecule has 100 valence electrons. The second-order valence-electron chi connectivity index (χ2n) is 3.71. The Morgan fingerprint density at radius 1 is 1.39 bits per heavy atom. The summed E-state index contributed by atoms with van der Waals surface area (Å²) < 4.78 is 62.3. The molecule has 0 bridgehead atoms. The van der Waals surface area contributed by atoms with Gasteiger partial charge in [-0.15, -0.1) is 0 Å². The lowest BCUT2D eigenvalue weighted by Gasteiger charge is -2.22. The van der Waals surface area contributed by atoms with Gasteiger partial charge < -0.3 is 4.90 Å². The lowest BCUT2D eigenvalue weighted by Crippen LogP contribution is -2.45. The van der Waals surface area contributed by atoms with Gasteiger partial charge in [-0.2, -0.15) is 8.78 Å². The lowest BCUT2D eigenvalue weighted by atomic mass is 10.2. The topological polar surface area (TPSA) is 20.3 Å². The summed E-state index contributed by atoms with van der Waals surface area (Å²) >= 11 is 0. The van der Waals surface area contributed by atoms with Crippen molar-refractivity contribution in [2.24, 2.45) is 0 Å². The number of hydrogen-bond acceptors (Lipinski definition) is 1. The number of carbonyl (C=O) groups is 1. The van der Waals surface area contributed by atoms with Crippen LogP contribution in [0.2, 0.25) is 0 Å². The van der Waals surface area contributed by atoms with Crippen LogP contribution in [0.5, 0.6) is 0 Å². The average molecular weight is 267 g/mol. The molecule has 0 saturated carbocycles. The second kappa shape index (κ2) is 5.32. The molecule has 0 aromatic heterocycles. The van der Waals surface area contributed by atoms with E-state index in [9.17, 15) is 26.7 Å². The van der Waals surface area contributed by atoms with Crippen LogP contribution in [0.25, 0.3) is 0 Å². The predicted molar refractivity (Wildman–Crippen MR) is 53.8 cm³/mol. The highest BCUT2D eigenvalue weighted by Crippen LogP contribution is 2.25. The molecular weight excluding hydrogens is 257 g/mol. The van der Waals surface area contributed by atoms with Gasteiger partial charge in [0.25, 0.3) is 5.91 Å². The van der Waals surface area contributed by atoms with Gasteiger partial charge in [0.15, 0.2) is 0 Å². The molecule has 18 heavy (non-hydrogen) atoms. The lowest BCUT2D eigenvalue weighted by molar-refractivity contribution is -0.179. The van der Waals surface area contributed by atoms with Crippen molar-refractivity contribution in [3.05, 3.63) is 35.6 Å². The van der Waals surface area contributed by atoms with E-state index in [1.807, 2.05) is 0 Å². The summed E-state index contributed by atoms with van der Waals surface area (Å²) in [6, 6.07) is 4.89. The van der Waals surface area contributed by atoms with Gasteiger partial charge in [0.05, 0.1) is 0 Å². The molecule has 0 aliphatic rings. The third kappa shape index (κ3) is 3.18. The quantitative estimate of drug-likeness (QED) is 0.768. The van der Waals surface area contributed by atoms with Gasteiger partial charge in [-0.1, -0.05) is 12.1 Å². The Labute approximate surface area is 100 Å². The van der Waals surface area contributed by atoms with Crippen LogP contribution in [0.3, 0.4) is 0 Å². The molecule has 0 radical (unpaired) electrons. The van der Waals surface area contributed by atoms with Crippen molar-refractivity contribution in [2.45, 2.75) is 18.9 Å². The van der Waals surface area contributed by atoms with Crippen molar-refractivity contribution in [3.8, 4) is 0 Å². The van der Waals surface area contributed by atoms with Gasteiger partial charge in [0, 0.05) is 13.6 Å². The molecule has 0 N–H and O–H groups in total. The molecule has 1 rings (SSSR count). The fraction of sp³-hybridized carbons (Fsp3) is 0.364. The zero-order valence-corrected chi connectivity index (χ0v) is 9.34. The zero-order chi connectivity index (χ0) is 13.9. The maximum absolute atomic E-state index is 12.8. The Morgan fingerprint density at radius 3 is 2.50 bits per heavy atom. The summed E-state index contributed by atoms with van der Waals surface area (Å²) in [5.74, 6) is -7.34. The minimum absolute atomic E-state index is 0.232. The van der Waals surface area contributed by atoms with Gasteiger partial charge in [0.1, 0.15) is 5.82 Å². The number of rotatable bonds is 4. The van der Waals surface area contributed by atoms with Crippen molar-refractivity contribution in [2.75, 3.05) is 7.05 Å². The second-order valence-corrected chi connectivity index (χ2v) is 3.71. The normalized spacial score (nSPS) is 11.7. The van der Waals surface area contributed by atoms with Crippen LogP contribution in [0.4, 0.5) is 22.0 Å². The van der Waals surface area contributed by atoms with E-state index in [1.165, 1.54) is 12.1 Å². The summed E-state index contributed by atoms with van der Waals surface area (Å²) in [5, 5.41) is 0. The van der Waals surface area contributed by atoms with Crippen molar-refractivity contribution < 1.29 is 26.7 Å². The number of hydrogen-bond donors (Lipinski definition) is 0. The third-order valence-electron chi connectivity index (χ3n) is 2.21. The van der Waals surface area contributed by atoms with Crippen molar-refractivity contribution in [1.82, 2.24) is 4.90 Å². The van der Waals surface area contributed by atoms with E-state index < -0.39 is 24.1 Å². The Morgan fingerprint density at radius 2 is 2.00 bits per heavy atom. The molecule has 0 spiro atoms. The Bertz CT molecular complexity index is 435. The van der Waals surface area contributed by atoms with Crippen LogP contribution in [0.15, 0.2) is 24.3 Å². The molecule has 0 fully saturated rings. The monoisotopic (exact) mass is 267 g/mol. The summed E-state index contributed by atoms with van der Waals surface area (Å²) in [6.07, 6.45) is -4.07. The van der Waals surface area contributed by atoms with Crippen LogP contribution in [-0.4, -0.2) is 30.2 Å². The fourth-order valence-electron chi connectivity index (χ4n) is 1.33. The average Bonchev–Trinajstić information content (AvgIpc) is 2.27. The van der Waals surface area contributed by atoms with Crippen LogP contribution >= 0.6 is 0 Å². The maximum atomic E-state index is 12.8. The van der Waals surface area contributed by atoms with Crippen LogP contribution in [0.1, 0.15) is 5.56 Å². The summed E-state index contributed by atoms with van der Waals surface area (Å²) in [7, 11) is 0.948. The van der Waals surface area contributed by atoms with E-state index in [4.69, 9.17) is 0 Å². The van der Waals surface area contributed by atoms with Gasteiger partial charge in [0.2, 0.25) is 0 Å². The molecule has 1 aromatic rings. The van der Waals surface area contributed by atoms with E-state index in [1.54, 1.807) is 0 Å². The Kier molecular flexibility index (Phi) is 4.26. The number of benzene rings is 1. The van der Waals surface area contributed by atoms with Crippen LogP contribution in [-0.2, 0) is 11.3 Å². The molecule has 0 atom stereocenters. The number of alkyl halides is 4. The first-order valence-corrected chi connectivity index (χ1v) is 4.91. The molecule has 0 saturated heterocycles. The van der Waals surface area contributed by atoms with Crippen LogP contribution in [0, 0.1) is 5.82 Å². The van der Waals surface area contributed by atoms with Crippen molar-refractivity contribution in [1.29, 1.82) is 0 Å². The van der Waals surface area contributed by atoms with E-state index in [0.717, 1.165) is 19.2 Å². The van der Waals surface area contributed by atoms with Crippen LogP contribution < -0.4 is 0 Å². The molecule has 1 amide bonds. The van der Waals surface area contributed by atoms with E-state index in [2.05, 4.69) is 0 Å². The number of carbonyl (C=O) groups excluding carboxylic acids is 1. The Balaban J connectivity index is 2.77. The molecule has 7 heteroatoms. The first-order chi connectivity index (χ1) is 8.25. The van der Waals surface area contributed by atoms with Gasteiger partial charge in [-0.05, 0) is 17.7 Å². The number of halogens is 5. The smallest absolute Gasteiger partial charge is 0.336 e. The van der Waals surface area contributed by atoms with Crippen molar-refractivity contribution >= 4 is 5.91 Å². The summed E-state index contributed by atoms with van der Waals surface area (Å²) in [4.78, 5) is 11.5. The summed E-state index contributed by atoms with van der Waals surface area (Å²) in [6.45, 7) is -0.376. The predicted octanol–water partition coefficient (Wildman–Crippen LogP) is 2.68. The van der Waals surface area contributed by atoms with Gasteiger partial charge in [-0.3, -0.25) is 4.79 Å². The highest BCUT2D eigenvalue weighted by atomic mass is 19.3. The highest BCUT2D eigenvalue weighted by Gasteiger charge is 2.50. The number of nitrogens with zero attached hydrogens (tertiary/aromatic N) is 1. The molecule has 0 heterocycles. The largest absolute Gasteiger partial charge is 0.383 e. The standard InChI is InChI=1S/C11H10F5NO/c1-17(10(18)11(15,16)9(13)14)6-7-3-2-4-8(12)5-7/h2-5,9H,6H2,1H3. The Hall–Kier alpha value is -1.66. The van der Waals surface area contributed by atoms with Crippen molar-refractivity contribution in [3.63, 3.8) is 0 Å². The number of amides is 1. The van der Waals surface area contributed by atoms with E-state index >= 15 is 0 Å². The third-order valence-corrected chi connectivity index (χ3v) is 2.21.